The van der Waals surface area contributed by atoms with Crippen molar-refractivity contribution in [2.45, 2.75) is 32.4 Å². The van der Waals surface area contributed by atoms with Crippen LogP contribution in [-0.4, -0.2) is 30.4 Å². The molecule has 0 saturated carbocycles. The Morgan fingerprint density at radius 1 is 1.35 bits per heavy atom. The van der Waals surface area contributed by atoms with E-state index in [0.29, 0.717) is 0 Å². The molecule has 0 amide bonds. The van der Waals surface area contributed by atoms with E-state index >= 15 is 0 Å². The first-order valence-corrected chi connectivity index (χ1v) is 6.02. The minimum atomic E-state index is -0.163. The van der Waals surface area contributed by atoms with Crippen molar-refractivity contribution in [3.8, 4) is 5.75 Å². The molecule has 17 heavy (non-hydrogen) atoms. The molecule has 95 valence electrons. The minimum Gasteiger partial charge on any atom is -0.488 e. The molecule has 0 aromatic heterocycles. The largest absolute Gasteiger partial charge is 0.488 e. The third-order valence-electron chi connectivity index (χ3n) is 2.49. The summed E-state index contributed by atoms with van der Waals surface area (Å²) in [6.45, 7) is 8.69. The smallest absolute Gasteiger partial charge is 0.123 e. The Bertz CT molecular complexity index is 309. The first-order chi connectivity index (χ1) is 8.11. The lowest BCUT2D eigenvalue weighted by atomic mass is 10.2. The van der Waals surface area contributed by atoms with E-state index in [1.165, 1.54) is 5.56 Å². The van der Waals surface area contributed by atoms with Crippen molar-refractivity contribution in [1.29, 1.82) is 0 Å². The fourth-order valence-electron chi connectivity index (χ4n) is 1.49. The molecule has 0 saturated heterocycles. The predicted octanol–water partition coefficient (Wildman–Crippen LogP) is 1.94. The lowest BCUT2D eigenvalue weighted by molar-refractivity contribution is 0.108. The zero-order valence-corrected chi connectivity index (χ0v) is 10.6. The van der Waals surface area contributed by atoms with Crippen molar-refractivity contribution < 1.29 is 9.84 Å². The zero-order valence-electron chi connectivity index (χ0n) is 10.6. The molecular weight excluding hydrogens is 214 g/mol. The van der Waals surface area contributed by atoms with E-state index in [1.54, 1.807) is 0 Å². The second-order valence-electron chi connectivity index (χ2n) is 4.38. The Labute approximate surface area is 104 Å². The summed E-state index contributed by atoms with van der Waals surface area (Å²) in [5.74, 6) is 0.803. The maximum absolute atomic E-state index is 9.24. The van der Waals surface area contributed by atoms with Crippen LogP contribution in [0.15, 0.2) is 24.3 Å². The summed E-state index contributed by atoms with van der Waals surface area (Å²) >= 11 is 0. The topological polar surface area (TPSA) is 41.5 Å². The molecule has 1 aromatic rings. The van der Waals surface area contributed by atoms with Crippen molar-refractivity contribution in [3.05, 3.63) is 36.8 Å². The summed E-state index contributed by atoms with van der Waals surface area (Å²) in [6.07, 6.45) is 0.605. The Kier molecular flexibility index (Phi) is 6.01. The highest BCUT2D eigenvalue weighted by Gasteiger charge is 2.09. The van der Waals surface area contributed by atoms with Crippen LogP contribution in [0.25, 0.3) is 0 Å². The quantitative estimate of drug-likeness (QED) is 0.760. The standard InChI is InChI=1S/C14H22NO2/c1-11(2)15-9-8-14(10-16)17-13-6-4-12(3)5-7-13/h4-7,11,14-16H,1,8-10H2,2-3H3. The van der Waals surface area contributed by atoms with Gasteiger partial charge in [-0.05, 0) is 45.9 Å². The monoisotopic (exact) mass is 236 g/mol. The molecule has 2 N–H and O–H groups in total. The highest BCUT2D eigenvalue weighted by atomic mass is 16.5. The molecule has 0 aliphatic rings. The second-order valence-corrected chi connectivity index (χ2v) is 4.38. The van der Waals surface area contributed by atoms with Gasteiger partial charge in [0.1, 0.15) is 11.9 Å². The Balaban J connectivity index is 2.38. The van der Waals surface area contributed by atoms with Crippen molar-refractivity contribution in [2.24, 2.45) is 0 Å². The Hall–Kier alpha value is -1.06. The van der Waals surface area contributed by atoms with Gasteiger partial charge in [-0.15, -0.1) is 0 Å². The summed E-state index contributed by atoms with van der Waals surface area (Å²) in [5.41, 5.74) is 1.20. The number of rotatable bonds is 7. The number of benzene rings is 1. The number of ether oxygens (including phenoxy) is 1. The van der Waals surface area contributed by atoms with Crippen LogP contribution in [0.1, 0.15) is 18.9 Å². The number of aryl methyl sites for hydroxylation is 1. The molecule has 1 aromatic carbocycles. The van der Waals surface area contributed by atoms with Gasteiger partial charge in [-0.3, -0.25) is 0 Å². The molecule has 0 heterocycles. The van der Waals surface area contributed by atoms with Crippen LogP contribution in [0.2, 0.25) is 0 Å². The average Bonchev–Trinajstić information content (AvgIpc) is 2.30. The SMILES string of the molecule is [CH2]C(C)NCCC(CO)Oc1ccc(C)cc1. The second kappa shape index (κ2) is 7.30. The fraction of sp³-hybridized carbons (Fsp3) is 0.500. The highest BCUT2D eigenvalue weighted by molar-refractivity contribution is 5.26. The fourth-order valence-corrected chi connectivity index (χ4v) is 1.49. The van der Waals surface area contributed by atoms with Gasteiger partial charge in [0, 0.05) is 6.04 Å². The van der Waals surface area contributed by atoms with E-state index in [-0.39, 0.29) is 18.8 Å². The van der Waals surface area contributed by atoms with Gasteiger partial charge < -0.3 is 15.2 Å². The lowest BCUT2D eigenvalue weighted by Gasteiger charge is -2.18. The van der Waals surface area contributed by atoms with Crippen molar-refractivity contribution >= 4 is 0 Å². The molecule has 3 heteroatoms. The van der Waals surface area contributed by atoms with Crippen LogP contribution >= 0.6 is 0 Å². The van der Waals surface area contributed by atoms with Gasteiger partial charge in [-0.2, -0.15) is 0 Å². The van der Waals surface area contributed by atoms with Gasteiger partial charge in [0.2, 0.25) is 0 Å². The van der Waals surface area contributed by atoms with Gasteiger partial charge in [-0.25, -0.2) is 0 Å². The molecular formula is C14H22NO2. The summed E-state index contributed by atoms with van der Waals surface area (Å²) in [6, 6.07) is 8.07. The van der Waals surface area contributed by atoms with Gasteiger partial charge in [0.25, 0.3) is 0 Å². The summed E-state index contributed by atoms with van der Waals surface area (Å²) in [5, 5.41) is 12.4. The number of aliphatic hydroxyl groups is 1. The molecule has 3 nitrogen and oxygen atoms in total. The van der Waals surface area contributed by atoms with Crippen LogP contribution in [0, 0.1) is 13.8 Å². The maximum atomic E-state index is 9.24. The third-order valence-corrected chi connectivity index (χ3v) is 2.49. The van der Waals surface area contributed by atoms with Crippen LogP contribution in [0.3, 0.4) is 0 Å². The first-order valence-electron chi connectivity index (χ1n) is 6.02. The lowest BCUT2D eigenvalue weighted by Crippen LogP contribution is -2.30. The van der Waals surface area contributed by atoms with Crippen LogP contribution in [0.4, 0.5) is 0 Å². The predicted molar refractivity (Wildman–Crippen MR) is 70.1 cm³/mol. The van der Waals surface area contributed by atoms with Crippen LogP contribution in [-0.2, 0) is 0 Å². The molecule has 1 radical (unpaired) electrons. The molecule has 2 unspecified atom stereocenters. The zero-order chi connectivity index (χ0) is 12.7. The Morgan fingerprint density at radius 3 is 2.53 bits per heavy atom. The molecule has 0 spiro atoms. The maximum Gasteiger partial charge on any atom is 0.123 e. The van der Waals surface area contributed by atoms with E-state index in [0.717, 1.165) is 18.7 Å². The third kappa shape index (κ3) is 5.71. The summed E-state index contributed by atoms with van der Waals surface area (Å²) in [4.78, 5) is 0. The van der Waals surface area contributed by atoms with Crippen molar-refractivity contribution in [3.63, 3.8) is 0 Å². The number of nitrogens with one attached hydrogen (secondary N) is 1. The number of hydrogen-bond acceptors (Lipinski definition) is 3. The van der Waals surface area contributed by atoms with E-state index in [4.69, 9.17) is 4.74 Å². The van der Waals surface area contributed by atoms with Gasteiger partial charge in [0.15, 0.2) is 0 Å². The molecule has 2 atom stereocenters. The minimum absolute atomic E-state index is 0.0288. The van der Waals surface area contributed by atoms with Crippen LogP contribution < -0.4 is 10.1 Å². The summed E-state index contributed by atoms with van der Waals surface area (Å²) < 4.78 is 5.69. The van der Waals surface area contributed by atoms with E-state index in [2.05, 4.69) is 12.2 Å². The van der Waals surface area contributed by atoms with E-state index in [9.17, 15) is 5.11 Å². The van der Waals surface area contributed by atoms with Crippen molar-refractivity contribution in [1.82, 2.24) is 5.32 Å². The average molecular weight is 236 g/mol. The first kappa shape index (κ1) is 14.0. The van der Waals surface area contributed by atoms with Gasteiger partial charge in [-0.1, -0.05) is 17.7 Å². The van der Waals surface area contributed by atoms with Gasteiger partial charge >= 0.3 is 0 Å². The van der Waals surface area contributed by atoms with E-state index in [1.807, 2.05) is 38.1 Å². The van der Waals surface area contributed by atoms with Gasteiger partial charge in [0.05, 0.1) is 6.61 Å². The number of aliphatic hydroxyl groups excluding tert-OH is 1. The summed E-state index contributed by atoms with van der Waals surface area (Å²) in [7, 11) is 0. The Morgan fingerprint density at radius 2 is 2.00 bits per heavy atom. The normalized spacial score (nSPS) is 12.8. The molecule has 0 fully saturated rings. The molecule has 1 rings (SSSR count). The molecule has 0 bridgehead atoms. The number of hydrogen-bond donors (Lipinski definition) is 2. The highest BCUT2D eigenvalue weighted by Crippen LogP contribution is 2.14. The molecule has 0 aliphatic carbocycles. The molecule has 0 aliphatic heterocycles. The van der Waals surface area contributed by atoms with Crippen molar-refractivity contribution in [2.75, 3.05) is 13.2 Å². The van der Waals surface area contributed by atoms with E-state index < -0.39 is 0 Å². The van der Waals surface area contributed by atoms with Crippen LogP contribution in [0.5, 0.6) is 5.75 Å².